The summed E-state index contributed by atoms with van der Waals surface area (Å²) < 4.78 is 30.3. The third-order valence-corrected chi connectivity index (χ3v) is 4.45. The molecule has 6 nitrogen and oxygen atoms in total. The Hall–Kier alpha value is -1.47. The zero-order chi connectivity index (χ0) is 17.1. The fourth-order valence-electron chi connectivity index (χ4n) is 2.01. The number of nitrogens with zero attached hydrogens (tertiary/aromatic N) is 1. The highest BCUT2D eigenvalue weighted by Gasteiger charge is 2.29. The molecule has 0 spiro atoms. The second-order valence-corrected chi connectivity index (χ2v) is 7.48. The molecule has 22 heavy (non-hydrogen) atoms. The van der Waals surface area contributed by atoms with Crippen molar-refractivity contribution in [1.29, 1.82) is 0 Å². The van der Waals surface area contributed by atoms with E-state index in [0.717, 1.165) is 10.6 Å². The quantitative estimate of drug-likeness (QED) is 0.853. The molecule has 1 amide bonds. The number of anilines is 1. The number of benzene rings is 1. The standard InChI is InChI=1S/C14H21ClN2O4S/c1-9(2)16-14(18)10(3)17(22(5,19)20)11-6-7-13(21-4)12(15)8-11/h6-10H,1-5H3,(H,16,18)/t10-/m0/s1. The lowest BCUT2D eigenvalue weighted by atomic mass is 10.2. The van der Waals surface area contributed by atoms with Crippen LogP contribution in [0, 0.1) is 0 Å². The molecule has 1 N–H and O–H groups in total. The Morgan fingerprint density at radius 2 is 1.91 bits per heavy atom. The number of sulfonamides is 1. The fraction of sp³-hybridized carbons (Fsp3) is 0.500. The smallest absolute Gasteiger partial charge is 0.243 e. The summed E-state index contributed by atoms with van der Waals surface area (Å²) in [6.07, 6.45) is 1.05. The number of carbonyl (C=O) groups is 1. The molecular weight excluding hydrogens is 328 g/mol. The van der Waals surface area contributed by atoms with Crippen molar-refractivity contribution in [2.75, 3.05) is 17.7 Å². The van der Waals surface area contributed by atoms with Crippen molar-refractivity contribution >= 4 is 33.2 Å². The van der Waals surface area contributed by atoms with Crippen LogP contribution in [0.3, 0.4) is 0 Å². The van der Waals surface area contributed by atoms with Gasteiger partial charge in [0, 0.05) is 6.04 Å². The maximum atomic E-state index is 12.1. The summed E-state index contributed by atoms with van der Waals surface area (Å²) in [6.45, 7) is 5.14. The molecule has 8 heteroatoms. The number of halogens is 1. The van der Waals surface area contributed by atoms with Crippen molar-refractivity contribution in [1.82, 2.24) is 5.32 Å². The van der Waals surface area contributed by atoms with Gasteiger partial charge >= 0.3 is 0 Å². The van der Waals surface area contributed by atoms with E-state index in [1.807, 2.05) is 0 Å². The molecular formula is C14H21ClN2O4S. The first-order valence-electron chi connectivity index (χ1n) is 6.71. The molecule has 0 aliphatic heterocycles. The molecule has 0 aromatic heterocycles. The van der Waals surface area contributed by atoms with Gasteiger partial charge in [-0.15, -0.1) is 0 Å². The summed E-state index contributed by atoms with van der Waals surface area (Å²) in [4.78, 5) is 12.1. The van der Waals surface area contributed by atoms with Gasteiger partial charge in [0.1, 0.15) is 11.8 Å². The van der Waals surface area contributed by atoms with Crippen LogP contribution in [0.2, 0.25) is 5.02 Å². The summed E-state index contributed by atoms with van der Waals surface area (Å²) in [5.41, 5.74) is 0.305. The van der Waals surface area contributed by atoms with Crippen LogP contribution in [-0.2, 0) is 14.8 Å². The first-order valence-corrected chi connectivity index (χ1v) is 8.94. The van der Waals surface area contributed by atoms with Gasteiger partial charge in [-0.1, -0.05) is 11.6 Å². The number of hydrogen-bond donors (Lipinski definition) is 1. The van der Waals surface area contributed by atoms with Crippen LogP contribution in [0.4, 0.5) is 5.69 Å². The van der Waals surface area contributed by atoms with E-state index in [2.05, 4.69) is 5.32 Å². The Kier molecular flexibility index (Phi) is 6.08. The van der Waals surface area contributed by atoms with Gasteiger partial charge in [-0.2, -0.15) is 0 Å². The van der Waals surface area contributed by atoms with Gasteiger partial charge in [-0.05, 0) is 39.0 Å². The zero-order valence-corrected chi connectivity index (χ0v) is 14.8. The molecule has 1 atom stereocenters. The largest absolute Gasteiger partial charge is 0.495 e. The third kappa shape index (κ3) is 4.51. The van der Waals surface area contributed by atoms with Crippen LogP contribution >= 0.6 is 11.6 Å². The second-order valence-electron chi connectivity index (χ2n) is 5.22. The number of nitrogens with one attached hydrogen (secondary N) is 1. The van der Waals surface area contributed by atoms with Gasteiger partial charge < -0.3 is 10.1 Å². The first kappa shape index (κ1) is 18.6. The molecule has 0 aliphatic rings. The summed E-state index contributed by atoms with van der Waals surface area (Å²) in [5.74, 6) is 0.0468. The van der Waals surface area contributed by atoms with Gasteiger partial charge in [-0.3, -0.25) is 9.10 Å². The first-order chi connectivity index (χ1) is 10.1. The van der Waals surface area contributed by atoms with Crippen LogP contribution in [0.1, 0.15) is 20.8 Å². The van der Waals surface area contributed by atoms with Crippen LogP contribution in [-0.4, -0.2) is 39.8 Å². The lowest BCUT2D eigenvalue weighted by Gasteiger charge is -2.29. The highest BCUT2D eigenvalue weighted by Crippen LogP contribution is 2.31. The van der Waals surface area contributed by atoms with E-state index in [1.165, 1.54) is 20.1 Å². The number of carbonyl (C=O) groups excluding carboxylic acids is 1. The summed E-state index contributed by atoms with van der Waals surface area (Å²) >= 11 is 6.05. The van der Waals surface area contributed by atoms with Gasteiger partial charge in [0.25, 0.3) is 0 Å². The Labute approximate surface area is 136 Å². The van der Waals surface area contributed by atoms with Crippen LogP contribution in [0.15, 0.2) is 18.2 Å². The summed E-state index contributed by atoms with van der Waals surface area (Å²) in [7, 11) is -2.20. The predicted octanol–water partition coefficient (Wildman–Crippen LogP) is 2.03. The minimum atomic E-state index is -3.66. The number of rotatable bonds is 6. The maximum absolute atomic E-state index is 12.1. The predicted molar refractivity (Wildman–Crippen MR) is 88.1 cm³/mol. The Bertz CT molecular complexity index is 646. The van der Waals surface area contributed by atoms with E-state index < -0.39 is 16.1 Å². The zero-order valence-electron chi connectivity index (χ0n) is 13.3. The van der Waals surface area contributed by atoms with E-state index >= 15 is 0 Å². The molecule has 1 aromatic rings. The van der Waals surface area contributed by atoms with Gasteiger partial charge in [0.15, 0.2) is 0 Å². The minimum absolute atomic E-state index is 0.0872. The number of hydrogen-bond acceptors (Lipinski definition) is 4. The van der Waals surface area contributed by atoms with Gasteiger partial charge in [-0.25, -0.2) is 8.42 Å². The normalized spacial score (nSPS) is 12.9. The number of amides is 1. The average Bonchev–Trinajstić information content (AvgIpc) is 2.36. The van der Waals surface area contributed by atoms with Crippen LogP contribution in [0.25, 0.3) is 0 Å². The second kappa shape index (κ2) is 7.19. The SMILES string of the molecule is COc1ccc(N([C@@H](C)C(=O)NC(C)C)S(C)(=O)=O)cc1Cl. The van der Waals surface area contributed by atoms with E-state index in [0.29, 0.717) is 11.4 Å². The van der Waals surface area contributed by atoms with Crippen LogP contribution < -0.4 is 14.4 Å². The Morgan fingerprint density at radius 3 is 2.32 bits per heavy atom. The molecule has 0 radical (unpaired) electrons. The molecule has 0 saturated heterocycles. The summed E-state index contributed by atoms with van der Waals surface area (Å²) in [5, 5.41) is 2.97. The fourth-order valence-corrected chi connectivity index (χ4v) is 3.42. The van der Waals surface area contributed by atoms with Crippen molar-refractivity contribution in [3.05, 3.63) is 23.2 Å². The highest BCUT2D eigenvalue weighted by atomic mass is 35.5. The number of methoxy groups -OCH3 is 1. The molecule has 0 heterocycles. The number of ether oxygens (including phenoxy) is 1. The topological polar surface area (TPSA) is 75.7 Å². The van der Waals surface area contributed by atoms with E-state index in [1.54, 1.807) is 26.0 Å². The van der Waals surface area contributed by atoms with Crippen molar-refractivity contribution in [2.45, 2.75) is 32.9 Å². The highest BCUT2D eigenvalue weighted by molar-refractivity contribution is 7.92. The third-order valence-electron chi connectivity index (χ3n) is 2.91. The van der Waals surface area contributed by atoms with Gasteiger partial charge in [0.2, 0.25) is 15.9 Å². The molecule has 1 rings (SSSR count). The average molecular weight is 349 g/mol. The minimum Gasteiger partial charge on any atom is -0.495 e. The molecule has 1 aromatic carbocycles. The van der Waals surface area contributed by atoms with Crippen molar-refractivity contribution in [3.63, 3.8) is 0 Å². The lowest BCUT2D eigenvalue weighted by molar-refractivity contribution is -0.122. The molecule has 0 fully saturated rings. The molecule has 0 unspecified atom stereocenters. The monoisotopic (exact) mass is 348 g/mol. The van der Waals surface area contributed by atoms with E-state index in [4.69, 9.17) is 16.3 Å². The van der Waals surface area contributed by atoms with Gasteiger partial charge in [0.05, 0.1) is 24.1 Å². The molecule has 0 saturated carbocycles. The molecule has 124 valence electrons. The van der Waals surface area contributed by atoms with Crippen molar-refractivity contribution in [3.8, 4) is 5.75 Å². The molecule has 0 aliphatic carbocycles. The maximum Gasteiger partial charge on any atom is 0.243 e. The Balaban J connectivity index is 3.25. The van der Waals surface area contributed by atoms with E-state index in [9.17, 15) is 13.2 Å². The summed E-state index contributed by atoms with van der Waals surface area (Å²) in [6, 6.07) is 3.58. The molecule has 0 bridgehead atoms. The van der Waals surface area contributed by atoms with Crippen molar-refractivity contribution < 1.29 is 17.9 Å². The lowest BCUT2D eigenvalue weighted by Crippen LogP contribution is -2.49. The van der Waals surface area contributed by atoms with E-state index in [-0.39, 0.29) is 17.0 Å². The van der Waals surface area contributed by atoms with Crippen LogP contribution in [0.5, 0.6) is 5.75 Å². The van der Waals surface area contributed by atoms with Crippen molar-refractivity contribution in [2.24, 2.45) is 0 Å². The Morgan fingerprint density at radius 1 is 1.32 bits per heavy atom.